The first-order valence-electron chi connectivity index (χ1n) is 7.28. The summed E-state index contributed by atoms with van der Waals surface area (Å²) in [6.07, 6.45) is 0.519. The van der Waals surface area contributed by atoms with Gasteiger partial charge in [0.05, 0.1) is 12.6 Å². The average molecular weight is 308 g/mol. The van der Waals surface area contributed by atoms with Gasteiger partial charge in [-0.15, -0.1) is 0 Å². The molecule has 1 saturated heterocycles. The molecule has 0 saturated carbocycles. The lowest BCUT2D eigenvalue weighted by Crippen LogP contribution is -2.46. The molecule has 1 amide bonds. The fraction of sp³-hybridized carbons (Fsp3) is 0.562. The van der Waals surface area contributed by atoms with Crippen molar-refractivity contribution in [3.63, 3.8) is 0 Å². The SMILES string of the molecule is COc1ccccc1C(C)(C)NC(=O)CC1CSCCN1. The molecule has 1 atom stereocenters. The van der Waals surface area contributed by atoms with Crippen molar-refractivity contribution < 1.29 is 9.53 Å². The van der Waals surface area contributed by atoms with Gasteiger partial charge >= 0.3 is 0 Å². The summed E-state index contributed by atoms with van der Waals surface area (Å²) < 4.78 is 5.40. The Kier molecular flexibility index (Phi) is 5.53. The molecule has 1 aromatic rings. The van der Waals surface area contributed by atoms with Gasteiger partial charge in [-0.2, -0.15) is 11.8 Å². The summed E-state index contributed by atoms with van der Waals surface area (Å²) in [5.74, 6) is 3.01. The molecule has 5 heteroatoms. The first kappa shape index (κ1) is 16.2. The number of carbonyl (C=O) groups excluding carboxylic acids is 1. The Morgan fingerprint density at radius 1 is 1.48 bits per heavy atom. The van der Waals surface area contributed by atoms with Crippen LogP contribution in [-0.2, 0) is 10.3 Å². The van der Waals surface area contributed by atoms with Gasteiger partial charge in [0.2, 0.25) is 5.91 Å². The summed E-state index contributed by atoms with van der Waals surface area (Å²) >= 11 is 1.90. The highest BCUT2D eigenvalue weighted by molar-refractivity contribution is 7.99. The van der Waals surface area contributed by atoms with Crippen LogP contribution in [0.3, 0.4) is 0 Å². The van der Waals surface area contributed by atoms with Crippen LogP contribution in [0.5, 0.6) is 5.75 Å². The number of nitrogens with one attached hydrogen (secondary N) is 2. The zero-order valence-electron chi connectivity index (χ0n) is 12.9. The second-order valence-electron chi connectivity index (χ2n) is 5.80. The van der Waals surface area contributed by atoms with Gasteiger partial charge in [0, 0.05) is 36.1 Å². The van der Waals surface area contributed by atoms with Crippen molar-refractivity contribution in [2.45, 2.75) is 31.8 Å². The summed E-state index contributed by atoms with van der Waals surface area (Å²) in [6, 6.07) is 8.09. The third kappa shape index (κ3) is 4.38. The van der Waals surface area contributed by atoms with E-state index in [0.717, 1.165) is 29.4 Å². The van der Waals surface area contributed by atoms with Crippen molar-refractivity contribution >= 4 is 17.7 Å². The van der Waals surface area contributed by atoms with E-state index in [9.17, 15) is 4.79 Å². The Morgan fingerprint density at radius 2 is 2.24 bits per heavy atom. The zero-order chi connectivity index (χ0) is 15.3. The molecule has 116 valence electrons. The maximum Gasteiger partial charge on any atom is 0.222 e. The van der Waals surface area contributed by atoms with Crippen molar-refractivity contribution in [3.05, 3.63) is 29.8 Å². The van der Waals surface area contributed by atoms with Crippen molar-refractivity contribution in [2.75, 3.05) is 25.2 Å². The van der Waals surface area contributed by atoms with Crippen molar-refractivity contribution in [2.24, 2.45) is 0 Å². The van der Waals surface area contributed by atoms with Crippen LogP contribution in [0.2, 0.25) is 0 Å². The number of benzene rings is 1. The molecule has 0 bridgehead atoms. The Morgan fingerprint density at radius 3 is 2.90 bits per heavy atom. The normalized spacial score (nSPS) is 19.1. The second-order valence-corrected chi connectivity index (χ2v) is 6.95. The standard InChI is InChI=1S/C16H24N2O2S/c1-16(2,13-6-4-5-7-14(13)20-3)18-15(19)10-12-11-21-9-8-17-12/h4-7,12,17H,8-11H2,1-3H3,(H,18,19). The van der Waals surface area contributed by atoms with E-state index in [4.69, 9.17) is 4.74 Å². The van der Waals surface area contributed by atoms with E-state index in [1.54, 1.807) is 7.11 Å². The topological polar surface area (TPSA) is 50.4 Å². The van der Waals surface area contributed by atoms with Gasteiger partial charge in [-0.05, 0) is 19.9 Å². The highest BCUT2D eigenvalue weighted by Crippen LogP contribution is 2.29. The summed E-state index contributed by atoms with van der Waals surface area (Å²) in [4.78, 5) is 12.3. The number of amides is 1. The van der Waals surface area contributed by atoms with Gasteiger partial charge in [-0.3, -0.25) is 4.79 Å². The smallest absolute Gasteiger partial charge is 0.222 e. The molecule has 1 heterocycles. The van der Waals surface area contributed by atoms with Gasteiger partial charge < -0.3 is 15.4 Å². The van der Waals surface area contributed by atoms with Crippen LogP contribution in [0.25, 0.3) is 0 Å². The van der Waals surface area contributed by atoms with Crippen LogP contribution in [0.4, 0.5) is 0 Å². The van der Waals surface area contributed by atoms with Crippen molar-refractivity contribution in [3.8, 4) is 5.75 Å². The van der Waals surface area contributed by atoms with Crippen molar-refractivity contribution in [1.29, 1.82) is 0 Å². The molecular weight excluding hydrogens is 284 g/mol. The van der Waals surface area contributed by atoms with Crippen LogP contribution in [0, 0.1) is 0 Å². The lowest BCUT2D eigenvalue weighted by Gasteiger charge is -2.30. The lowest BCUT2D eigenvalue weighted by molar-refractivity contribution is -0.123. The van der Waals surface area contributed by atoms with E-state index in [-0.39, 0.29) is 11.9 Å². The van der Waals surface area contributed by atoms with Crippen LogP contribution < -0.4 is 15.4 Å². The quantitative estimate of drug-likeness (QED) is 0.875. The molecule has 2 rings (SSSR count). The molecule has 1 aliphatic rings. The van der Waals surface area contributed by atoms with E-state index >= 15 is 0 Å². The number of ether oxygens (including phenoxy) is 1. The monoisotopic (exact) mass is 308 g/mol. The van der Waals surface area contributed by atoms with Gasteiger partial charge in [0.25, 0.3) is 0 Å². The maximum absolute atomic E-state index is 12.3. The lowest BCUT2D eigenvalue weighted by atomic mass is 9.93. The predicted molar refractivity (Wildman–Crippen MR) is 87.9 cm³/mol. The van der Waals surface area contributed by atoms with E-state index in [2.05, 4.69) is 10.6 Å². The summed E-state index contributed by atoms with van der Waals surface area (Å²) in [6.45, 7) is 5.00. The van der Waals surface area contributed by atoms with E-state index in [1.165, 1.54) is 0 Å². The minimum absolute atomic E-state index is 0.0749. The number of methoxy groups -OCH3 is 1. The van der Waals surface area contributed by atoms with Crippen LogP contribution in [0.1, 0.15) is 25.8 Å². The summed E-state index contributed by atoms with van der Waals surface area (Å²) in [5.41, 5.74) is 0.540. The van der Waals surface area contributed by atoms with Gasteiger partial charge in [0.15, 0.2) is 0 Å². The minimum Gasteiger partial charge on any atom is -0.496 e. The van der Waals surface area contributed by atoms with E-state index in [1.807, 2.05) is 49.9 Å². The zero-order valence-corrected chi connectivity index (χ0v) is 13.8. The predicted octanol–water partition coefficient (Wildman–Crippen LogP) is 2.14. The molecule has 4 nitrogen and oxygen atoms in total. The van der Waals surface area contributed by atoms with Crippen molar-refractivity contribution in [1.82, 2.24) is 10.6 Å². The largest absolute Gasteiger partial charge is 0.496 e. The molecule has 1 aromatic carbocycles. The maximum atomic E-state index is 12.3. The number of carbonyl (C=O) groups is 1. The molecule has 0 radical (unpaired) electrons. The van der Waals surface area contributed by atoms with Crippen LogP contribution >= 0.6 is 11.8 Å². The summed E-state index contributed by atoms with van der Waals surface area (Å²) in [5, 5.41) is 6.52. The molecule has 21 heavy (non-hydrogen) atoms. The number of rotatable bonds is 5. The highest BCUT2D eigenvalue weighted by Gasteiger charge is 2.27. The second kappa shape index (κ2) is 7.18. The van der Waals surface area contributed by atoms with Gasteiger partial charge in [0.1, 0.15) is 5.75 Å². The number of thioether (sulfide) groups is 1. The number of para-hydroxylation sites is 1. The van der Waals surface area contributed by atoms with Crippen LogP contribution in [0.15, 0.2) is 24.3 Å². The van der Waals surface area contributed by atoms with Gasteiger partial charge in [-0.25, -0.2) is 0 Å². The molecule has 0 spiro atoms. The molecular formula is C16H24N2O2S. The highest BCUT2D eigenvalue weighted by atomic mass is 32.2. The molecule has 1 aliphatic heterocycles. The Labute approximate surface area is 131 Å². The summed E-state index contributed by atoms with van der Waals surface area (Å²) in [7, 11) is 1.65. The Hall–Kier alpha value is -1.20. The number of hydrogen-bond donors (Lipinski definition) is 2. The third-order valence-electron chi connectivity index (χ3n) is 3.66. The minimum atomic E-state index is -0.453. The first-order chi connectivity index (χ1) is 10.0. The first-order valence-corrected chi connectivity index (χ1v) is 8.44. The number of hydrogen-bond acceptors (Lipinski definition) is 4. The van der Waals surface area contributed by atoms with E-state index < -0.39 is 5.54 Å². The van der Waals surface area contributed by atoms with Crippen LogP contribution in [-0.4, -0.2) is 37.1 Å². The molecule has 2 N–H and O–H groups in total. The fourth-order valence-corrected chi connectivity index (χ4v) is 3.55. The van der Waals surface area contributed by atoms with E-state index in [0.29, 0.717) is 6.42 Å². The molecule has 1 fully saturated rings. The fourth-order valence-electron chi connectivity index (χ4n) is 2.60. The average Bonchev–Trinajstić information content (AvgIpc) is 2.47. The molecule has 1 unspecified atom stereocenters. The molecule has 0 aliphatic carbocycles. The Bertz CT molecular complexity index is 485. The Balaban J connectivity index is 2.00. The molecule has 0 aromatic heterocycles. The van der Waals surface area contributed by atoms with Gasteiger partial charge in [-0.1, -0.05) is 18.2 Å². The third-order valence-corrected chi connectivity index (χ3v) is 4.79.